The van der Waals surface area contributed by atoms with Gasteiger partial charge in [-0.25, -0.2) is 0 Å². The molecule has 0 unspecified atom stereocenters. The number of hydrogen-bond donors (Lipinski definition) is 2. The summed E-state index contributed by atoms with van der Waals surface area (Å²) in [6.07, 6.45) is 1.91. The fourth-order valence-electron chi connectivity index (χ4n) is 2.52. The average Bonchev–Trinajstić information content (AvgIpc) is 2.89. The minimum atomic E-state index is 0.0162. The van der Waals surface area contributed by atoms with Crippen molar-refractivity contribution >= 4 is 11.3 Å². The molecule has 2 heterocycles. The highest BCUT2D eigenvalue weighted by Gasteiger charge is 2.31. The van der Waals surface area contributed by atoms with E-state index in [-0.39, 0.29) is 17.4 Å². The summed E-state index contributed by atoms with van der Waals surface area (Å²) in [6.45, 7) is 10.3. The van der Waals surface area contributed by atoms with Crippen LogP contribution in [0, 0.1) is 5.41 Å². The smallest absolute Gasteiger partial charge is 0.0501 e. The Morgan fingerprint density at radius 1 is 1.30 bits per heavy atom. The van der Waals surface area contributed by atoms with E-state index in [0.717, 1.165) is 39.1 Å². The highest BCUT2D eigenvalue weighted by Crippen LogP contribution is 2.31. The van der Waals surface area contributed by atoms with Gasteiger partial charge in [0.15, 0.2) is 0 Å². The van der Waals surface area contributed by atoms with Crippen molar-refractivity contribution in [1.29, 1.82) is 0 Å². The molecule has 1 aromatic rings. The van der Waals surface area contributed by atoms with Gasteiger partial charge < -0.3 is 15.2 Å². The zero-order valence-electron chi connectivity index (χ0n) is 12.9. The molecule has 114 valence electrons. The molecule has 0 aromatic carbocycles. The van der Waals surface area contributed by atoms with Crippen molar-refractivity contribution in [2.24, 2.45) is 5.41 Å². The molecule has 0 amide bonds. The Kier molecular flexibility index (Phi) is 5.24. The highest BCUT2D eigenvalue weighted by atomic mass is 32.1. The van der Waals surface area contributed by atoms with E-state index in [0.29, 0.717) is 0 Å². The highest BCUT2D eigenvalue weighted by molar-refractivity contribution is 7.12. The summed E-state index contributed by atoms with van der Waals surface area (Å²) in [7, 11) is 0. The predicted octanol–water partition coefficient (Wildman–Crippen LogP) is 2.92. The SMILES string of the molecule is CC(C)(C)c1ccc(CNCC2(CO)CCOCC2)s1. The van der Waals surface area contributed by atoms with E-state index in [1.807, 2.05) is 11.3 Å². The second-order valence-electron chi connectivity index (χ2n) is 6.89. The van der Waals surface area contributed by atoms with Gasteiger partial charge in [-0.1, -0.05) is 20.8 Å². The Morgan fingerprint density at radius 3 is 2.55 bits per heavy atom. The second kappa shape index (κ2) is 6.56. The third-order valence-corrected chi connectivity index (χ3v) is 5.60. The summed E-state index contributed by atoms with van der Waals surface area (Å²) in [5, 5.41) is 13.2. The summed E-state index contributed by atoms with van der Waals surface area (Å²) in [5.41, 5.74) is 0.248. The van der Waals surface area contributed by atoms with Crippen LogP contribution in [0.3, 0.4) is 0 Å². The van der Waals surface area contributed by atoms with Crippen LogP contribution < -0.4 is 5.32 Å². The van der Waals surface area contributed by atoms with E-state index in [1.54, 1.807) is 0 Å². The molecule has 20 heavy (non-hydrogen) atoms. The van der Waals surface area contributed by atoms with Crippen molar-refractivity contribution in [3.63, 3.8) is 0 Å². The van der Waals surface area contributed by atoms with Gasteiger partial charge in [-0.15, -0.1) is 11.3 Å². The molecule has 1 aliphatic rings. The van der Waals surface area contributed by atoms with Gasteiger partial charge >= 0.3 is 0 Å². The Hall–Kier alpha value is -0.420. The Bertz CT molecular complexity index is 416. The third kappa shape index (κ3) is 4.04. The summed E-state index contributed by atoms with van der Waals surface area (Å²) in [5.74, 6) is 0. The van der Waals surface area contributed by atoms with E-state index in [1.165, 1.54) is 9.75 Å². The van der Waals surface area contributed by atoms with Gasteiger partial charge in [0.05, 0.1) is 6.61 Å². The van der Waals surface area contributed by atoms with Crippen LogP contribution in [0.15, 0.2) is 12.1 Å². The van der Waals surface area contributed by atoms with Crippen LogP contribution in [0.25, 0.3) is 0 Å². The van der Waals surface area contributed by atoms with Crippen LogP contribution in [0.2, 0.25) is 0 Å². The molecule has 2 rings (SSSR count). The van der Waals surface area contributed by atoms with Gasteiger partial charge in [-0.3, -0.25) is 0 Å². The van der Waals surface area contributed by atoms with E-state index in [2.05, 4.69) is 38.2 Å². The number of aliphatic hydroxyl groups excluding tert-OH is 1. The van der Waals surface area contributed by atoms with Gasteiger partial charge in [0.25, 0.3) is 0 Å². The van der Waals surface area contributed by atoms with Crippen LogP contribution in [0.1, 0.15) is 43.4 Å². The molecule has 0 radical (unpaired) electrons. The molecular weight excluding hydrogens is 270 g/mol. The lowest BCUT2D eigenvalue weighted by molar-refractivity contribution is -0.0153. The lowest BCUT2D eigenvalue weighted by atomic mass is 9.81. The van der Waals surface area contributed by atoms with Crippen molar-refractivity contribution in [2.45, 2.75) is 45.6 Å². The Balaban J connectivity index is 1.84. The normalized spacial score (nSPS) is 19.2. The average molecular weight is 297 g/mol. The molecular formula is C16H27NO2S. The van der Waals surface area contributed by atoms with Crippen LogP contribution >= 0.6 is 11.3 Å². The summed E-state index contributed by atoms with van der Waals surface area (Å²) >= 11 is 1.88. The summed E-state index contributed by atoms with van der Waals surface area (Å²) in [4.78, 5) is 2.80. The zero-order chi connectivity index (χ0) is 14.6. The first kappa shape index (κ1) is 16.0. The van der Waals surface area contributed by atoms with Crippen LogP contribution in [-0.2, 0) is 16.7 Å². The zero-order valence-corrected chi connectivity index (χ0v) is 13.7. The van der Waals surface area contributed by atoms with Crippen molar-refractivity contribution in [3.8, 4) is 0 Å². The van der Waals surface area contributed by atoms with Crippen molar-refractivity contribution in [2.75, 3.05) is 26.4 Å². The van der Waals surface area contributed by atoms with Crippen LogP contribution in [0.4, 0.5) is 0 Å². The van der Waals surface area contributed by atoms with E-state index >= 15 is 0 Å². The maximum absolute atomic E-state index is 9.66. The molecule has 2 N–H and O–H groups in total. The van der Waals surface area contributed by atoms with Crippen molar-refractivity contribution in [1.82, 2.24) is 5.32 Å². The molecule has 3 nitrogen and oxygen atoms in total. The van der Waals surface area contributed by atoms with Gasteiger partial charge in [-0.2, -0.15) is 0 Å². The number of nitrogens with one attached hydrogen (secondary N) is 1. The first-order valence-corrected chi connectivity index (χ1v) is 8.25. The molecule has 1 aliphatic heterocycles. The van der Waals surface area contributed by atoms with E-state index < -0.39 is 0 Å². The maximum Gasteiger partial charge on any atom is 0.0501 e. The van der Waals surface area contributed by atoms with E-state index in [9.17, 15) is 5.11 Å². The third-order valence-electron chi connectivity index (χ3n) is 4.09. The number of ether oxygens (including phenoxy) is 1. The lowest BCUT2D eigenvalue weighted by Crippen LogP contribution is -2.41. The summed E-state index contributed by atoms with van der Waals surface area (Å²) in [6, 6.07) is 4.45. The fourth-order valence-corrected chi connectivity index (χ4v) is 3.56. The number of rotatable bonds is 5. The quantitative estimate of drug-likeness (QED) is 0.878. The topological polar surface area (TPSA) is 41.5 Å². The molecule has 0 aliphatic carbocycles. The van der Waals surface area contributed by atoms with Gasteiger partial charge in [0, 0.05) is 41.5 Å². The molecule has 0 atom stereocenters. The second-order valence-corrected chi connectivity index (χ2v) is 8.06. The van der Waals surface area contributed by atoms with Crippen molar-refractivity contribution in [3.05, 3.63) is 21.9 Å². The largest absolute Gasteiger partial charge is 0.396 e. The predicted molar refractivity (Wildman–Crippen MR) is 84.3 cm³/mol. The van der Waals surface area contributed by atoms with E-state index in [4.69, 9.17) is 4.74 Å². The van der Waals surface area contributed by atoms with Gasteiger partial charge in [0.1, 0.15) is 0 Å². The number of aliphatic hydroxyl groups is 1. The first-order valence-electron chi connectivity index (χ1n) is 7.44. The number of hydrogen-bond acceptors (Lipinski definition) is 4. The minimum absolute atomic E-state index is 0.0162. The first-order chi connectivity index (χ1) is 9.45. The standard InChI is InChI=1S/C16H27NO2S/c1-15(2,3)14-5-4-13(20-14)10-17-11-16(12-18)6-8-19-9-7-16/h4-5,17-18H,6-12H2,1-3H3. The van der Waals surface area contributed by atoms with Gasteiger partial charge in [0.2, 0.25) is 0 Å². The molecule has 0 saturated carbocycles. The number of thiophene rings is 1. The van der Waals surface area contributed by atoms with Gasteiger partial charge in [-0.05, 0) is 30.4 Å². The Morgan fingerprint density at radius 2 is 2.00 bits per heavy atom. The minimum Gasteiger partial charge on any atom is -0.396 e. The van der Waals surface area contributed by atoms with Crippen molar-refractivity contribution < 1.29 is 9.84 Å². The molecule has 1 fully saturated rings. The maximum atomic E-state index is 9.66. The fraction of sp³-hybridized carbons (Fsp3) is 0.750. The Labute approximate surface area is 126 Å². The van der Waals surface area contributed by atoms with Crippen LogP contribution in [-0.4, -0.2) is 31.5 Å². The molecule has 0 spiro atoms. The van der Waals surface area contributed by atoms with Crippen LogP contribution in [0.5, 0.6) is 0 Å². The molecule has 0 bridgehead atoms. The molecule has 4 heteroatoms. The summed E-state index contributed by atoms with van der Waals surface area (Å²) < 4.78 is 5.40. The lowest BCUT2D eigenvalue weighted by Gasteiger charge is -2.35. The molecule has 1 saturated heterocycles. The monoisotopic (exact) mass is 297 g/mol. The molecule has 1 aromatic heterocycles.